The Balaban J connectivity index is 1.65. The molecule has 0 N–H and O–H groups in total. The van der Waals surface area contributed by atoms with E-state index in [1.807, 2.05) is 0 Å². The summed E-state index contributed by atoms with van der Waals surface area (Å²) in [6, 6.07) is 8.79. The summed E-state index contributed by atoms with van der Waals surface area (Å²) in [5, 5.41) is 0.603. The Bertz CT molecular complexity index is 1290. The second-order valence-electron chi connectivity index (χ2n) is 9.00. The van der Waals surface area contributed by atoms with Crippen molar-refractivity contribution in [3.63, 3.8) is 0 Å². The second-order valence-corrected chi connectivity index (χ2v) is 11.7. The summed E-state index contributed by atoms with van der Waals surface area (Å²) in [5.41, 5.74) is 0.748. The number of methoxy groups -OCH3 is 1. The minimum absolute atomic E-state index is 0.0665. The van der Waals surface area contributed by atoms with Crippen molar-refractivity contribution in [1.29, 1.82) is 0 Å². The van der Waals surface area contributed by atoms with Crippen molar-refractivity contribution >= 4 is 50.7 Å². The molecule has 1 amide bonds. The molecule has 7 nitrogen and oxygen atoms in total. The highest BCUT2D eigenvalue weighted by Crippen LogP contribution is 2.35. The average molecular weight is 538 g/mol. The molecule has 0 radical (unpaired) electrons. The van der Waals surface area contributed by atoms with Crippen LogP contribution < -0.4 is 4.74 Å². The molecule has 0 aromatic heterocycles. The number of benzene rings is 2. The molecule has 1 unspecified atom stereocenters. The van der Waals surface area contributed by atoms with Crippen LogP contribution in [0.15, 0.2) is 41.3 Å². The maximum atomic E-state index is 13.5. The maximum Gasteiger partial charge on any atom is 0.266 e. The van der Waals surface area contributed by atoms with Crippen LogP contribution in [0.5, 0.6) is 5.75 Å². The van der Waals surface area contributed by atoms with Crippen molar-refractivity contribution in [2.75, 3.05) is 13.7 Å². The Kier molecular flexibility index (Phi) is 7.54. The largest absolute Gasteiger partial charge is 0.496 e. The van der Waals surface area contributed by atoms with E-state index >= 15 is 0 Å². The zero-order valence-electron chi connectivity index (χ0n) is 19.1. The molecule has 186 valence electrons. The van der Waals surface area contributed by atoms with Crippen LogP contribution in [0.2, 0.25) is 10.0 Å². The Morgan fingerprint density at radius 2 is 1.83 bits per heavy atom. The SMILES string of the molecule is COc1ccc(Cl)cc1CC1CCC(=O)CN(S(=O)(=O)c2ccc(Cl)c(C(=O)CC3CC3)c2)C1=O. The van der Waals surface area contributed by atoms with Gasteiger partial charge in [0, 0.05) is 29.3 Å². The third kappa shape index (κ3) is 5.71. The number of sulfonamides is 1. The monoisotopic (exact) mass is 537 g/mol. The molecular weight excluding hydrogens is 513 g/mol. The number of ketones is 2. The molecule has 2 aromatic rings. The number of nitrogens with zero attached hydrogens (tertiary/aromatic N) is 1. The van der Waals surface area contributed by atoms with E-state index in [2.05, 4.69) is 0 Å². The predicted octanol–water partition coefficient (Wildman–Crippen LogP) is 4.72. The van der Waals surface area contributed by atoms with E-state index < -0.39 is 28.4 Å². The molecule has 0 bridgehead atoms. The van der Waals surface area contributed by atoms with Crippen LogP contribution in [-0.2, 0) is 26.0 Å². The van der Waals surface area contributed by atoms with Gasteiger partial charge in [-0.25, -0.2) is 12.7 Å². The zero-order chi connectivity index (χ0) is 25.3. The van der Waals surface area contributed by atoms with Crippen LogP contribution in [0.25, 0.3) is 0 Å². The van der Waals surface area contributed by atoms with Gasteiger partial charge in [0.1, 0.15) is 5.75 Å². The minimum atomic E-state index is -4.41. The molecule has 2 fully saturated rings. The van der Waals surface area contributed by atoms with Crippen LogP contribution in [0.1, 0.15) is 48.0 Å². The summed E-state index contributed by atoms with van der Waals surface area (Å²) < 4.78 is 33.1. The van der Waals surface area contributed by atoms with Gasteiger partial charge in [-0.2, -0.15) is 0 Å². The third-order valence-corrected chi connectivity index (χ3v) is 8.70. The van der Waals surface area contributed by atoms with Gasteiger partial charge in [-0.1, -0.05) is 23.2 Å². The first-order chi connectivity index (χ1) is 16.6. The van der Waals surface area contributed by atoms with E-state index in [9.17, 15) is 22.8 Å². The van der Waals surface area contributed by atoms with E-state index in [0.717, 1.165) is 12.8 Å². The molecule has 0 spiro atoms. The zero-order valence-corrected chi connectivity index (χ0v) is 21.5. The highest BCUT2D eigenvalue weighted by molar-refractivity contribution is 7.89. The minimum Gasteiger partial charge on any atom is -0.496 e. The molecule has 1 saturated carbocycles. The Hall–Kier alpha value is -2.42. The van der Waals surface area contributed by atoms with Crippen molar-refractivity contribution < 1.29 is 27.5 Å². The molecule has 1 atom stereocenters. The molecule has 1 heterocycles. The Labute approximate surface area is 214 Å². The summed E-state index contributed by atoms with van der Waals surface area (Å²) in [7, 11) is -2.92. The van der Waals surface area contributed by atoms with Gasteiger partial charge in [0.25, 0.3) is 10.0 Å². The number of hydrogen-bond acceptors (Lipinski definition) is 6. The Morgan fingerprint density at radius 3 is 2.51 bits per heavy atom. The summed E-state index contributed by atoms with van der Waals surface area (Å²) in [5.74, 6) is -1.23. The van der Waals surface area contributed by atoms with Gasteiger partial charge in [-0.15, -0.1) is 0 Å². The number of carbonyl (C=O) groups is 3. The summed E-state index contributed by atoms with van der Waals surface area (Å²) in [6.45, 7) is -0.557. The fourth-order valence-electron chi connectivity index (χ4n) is 4.24. The molecular formula is C25H25Cl2NO6S. The fourth-order valence-corrected chi connectivity index (χ4v) is 6.12. The number of amides is 1. The van der Waals surface area contributed by atoms with Gasteiger partial charge in [-0.3, -0.25) is 14.4 Å². The number of carbonyl (C=O) groups excluding carboxylic acids is 3. The molecule has 4 rings (SSSR count). The molecule has 10 heteroatoms. The summed E-state index contributed by atoms with van der Waals surface area (Å²) >= 11 is 12.3. The van der Waals surface area contributed by atoms with Gasteiger partial charge in [0.2, 0.25) is 5.91 Å². The smallest absolute Gasteiger partial charge is 0.266 e. The normalized spacial score (nSPS) is 18.9. The molecule has 1 aliphatic heterocycles. The van der Waals surface area contributed by atoms with Gasteiger partial charge in [-0.05, 0) is 73.6 Å². The number of Topliss-reactive ketones (excluding diaryl/α,β-unsaturated/α-hetero) is 2. The molecule has 35 heavy (non-hydrogen) atoms. The second kappa shape index (κ2) is 10.3. The lowest BCUT2D eigenvalue weighted by Crippen LogP contribution is -2.42. The van der Waals surface area contributed by atoms with E-state index in [4.69, 9.17) is 27.9 Å². The maximum absolute atomic E-state index is 13.5. The van der Waals surface area contributed by atoms with E-state index in [1.54, 1.807) is 18.2 Å². The molecule has 2 aliphatic rings. The van der Waals surface area contributed by atoms with Crippen LogP contribution in [-0.4, -0.2) is 43.9 Å². The third-order valence-electron chi connectivity index (χ3n) is 6.39. The molecule has 1 aliphatic carbocycles. The van der Waals surface area contributed by atoms with Crippen molar-refractivity contribution in [3.8, 4) is 5.75 Å². The van der Waals surface area contributed by atoms with Crippen molar-refractivity contribution in [3.05, 3.63) is 57.6 Å². The topological polar surface area (TPSA) is 97.8 Å². The van der Waals surface area contributed by atoms with Crippen molar-refractivity contribution in [2.45, 2.75) is 43.4 Å². The summed E-state index contributed by atoms with van der Waals surface area (Å²) in [6.07, 6.45) is 2.65. The van der Waals surface area contributed by atoms with Crippen molar-refractivity contribution in [1.82, 2.24) is 4.31 Å². The average Bonchev–Trinajstić information content (AvgIpc) is 3.64. The first kappa shape index (κ1) is 25.7. The van der Waals surface area contributed by atoms with E-state index in [1.165, 1.54) is 25.3 Å². The highest BCUT2D eigenvalue weighted by atomic mass is 35.5. The molecule has 2 aromatic carbocycles. The van der Waals surface area contributed by atoms with Gasteiger partial charge < -0.3 is 4.74 Å². The molecule has 1 saturated heterocycles. The van der Waals surface area contributed by atoms with Crippen LogP contribution in [0, 0.1) is 11.8 Å². The predicted molar refractivity (Wildman–Crippen MR) is 131 cm³/mol. The lowest BCUT2D eigenvalue weighted by Gasteiger charge is -2.24. The van der Waals surface area contributed by atoms with Crippen molar-refractivity contribution in [2.24, 2.45) is 11.8 Å². The van der Waals surface area contributed by atoms with Crippen LogP contribution in [0.3, 0.4) is 0 Å². The van der Waals surface area contributed by atoms with Crippen LogP contribution in [0.4, 0.5) is 0 Å². The standard InChI is InChI=1S/C25H25Cl2NO6S/c1-34-24-9-5-18(26)12-17(24)11-16-4-6-19(29)14-28(25(16)31)35(32,33)20-7-8-22(27)21(13-20)23(30)10-15-2-3-15/h5,7-9,12-13,15-16H,2-4,6,10-11,14H2,1H3. The van der Waals surface area contributed by atoms with Crippen LogP contribution >= 0.6 is 23.2 Å². The first-order valence-corrected chi connectivity index (χ1v) is 13.5. The fraction of sp³-hybridized carbons (Fsp3) is 0.400. The number of rotatable bonds is 8. The van der Waals surface area contributed by atoms with Gasteiger partial charge >= 0.3 is 0 Å². The number of hydrogen-bond donors (Lipinski definition) is 0. The quantitative estimate of drug-likeness (QED) is 0.451. The number of halogens is 2. The number of ether oxygens (including phenoxy) is 1. The van der Waals surface area contributed by atoms with Gasteiger partial charge in [0.05, 0.1) is 23.6 Å². The lowest BCUT2D eigenvalue weighted by molar-refractivity contribution is -0.131. The Morgan fingerprint density at radius 1 is 1.09 bits per heavy atom. The summed E-state index contributed by atoms with van der Waals surface area (Å²) in [4.78, 5) is 38.3. The lowest BCUT2D eigenvalue weighted by atomic mass is 9.93. The first-order valence-electron chi connectivity index (χ1n) is 11.3. The van der Waals surface area contributed by atoms with Gasteiger partial charge in [0.15, 0.2) is 11.6 Å². The van der Waals surface area contributed by atoms with E-state index in [0.29, 0.717) is 33.0 Å². The van der Waals surface area contributed by atoms with E-state index in [-0.39, 0.29) is 46.3 Å². The highest BCUT2D eigenvalue weighted by Gasteiger charge is 2.39.